The molecule has 13 aromatic rings. The van der Waals surface area contributed by atoms with Crippen molar-refractivity contribution in [2.75, 3.05) is 0 Å². The molecule has 1 nitrogen and oxygen atoms in total. The molecule has 0 fully saturated rings. The van der Waals surface area contributed by atoms with E-state index in [4.69, 9.17) is 4.42 Å². The first-order valence-corrected chi connectivity index (χ1v) is 20.4. The highest BCUT2D eigenvalue weighted by atomic mass is 16.3. The Morgan fingerprint density at radius 1 is 0.220 bits per heavy atom. The van der Waals surface area contributed by atoms with Gasteiger partial charge in [0.2, 0.25) is 0 Å². The predicted molar refractivity (Wildman–Crippen MR) is 252 cm³/mol. The van der Waals surface area contributed by atoms with Crippen LogP contribution in [0.5, 0.6) is 0 Å². The molecule has 0 aliphatic carbocycles. The number of hydrogen-bond acceptors (Lipinski definition) is 1. The van der Waals surface area contributed by atoms with E-state index in [9.17, 15) is 0 Å². The minimum Gasteiger partial charge on any atom is -0.456 e. The first kappa shape index (κ1) is 32.4. The molecule has 0 atom stereocenters. The SMILES string of the molecule is c1ccc(-c2cc(-c3ccccc3)cc(-c3ccc4ccc5c(-c6ccc7c(c6)c6ccccc6c6ccc8oc9ccccc9c8c67)ccc6ccc3c4c65)c2)cc1. The van der Waals surface area contributed by atoms with Crippen LogP contribution < -0.4 is 0 Å². The number of furan rings is 1. The lowest BCUT2D eigenvalue weighted by molar-refractivity contribution is 0.669. The number of hydrogen-bond donors (Lipinski definition) is 0. The summed E-state index contributed by atoms with van der Waals surface area (Å²) < 4.78 is 6.41. The van der Waals surface area contributed by atoms with Gasteiger partial charge in [-0.3, -0.25) is 0 Å². The van der Waals surface area contributed by atoms with Crippen LogP contribution in [0.25, 0.3) is 131 Å². The van der Waals surface area contributed by atoms with Crippen molar-refractivity contribution in [3.05, 3.63) is 206 Å². The fraction of sp³-hybridized carbons (Fsp3) is 0. The Morgan fingerprint density at radius 3 is 1.37 bits per heavy atom. The van der Waals surface area contributed by atoms with Crippen molar-refractivity contribution in [1.29, 1.82) is 0 Å². The lowest BCUT2D eigenvalue weighted by Crippen LogP contribution is -1.91. The Labute approximate surface area is 340 Å². The zero-order valence-corrected chi connectivity index (χ0v) is 32.0. The van der Waals surface area contributed by atoms with Crippen molar-refractivity contribution < 1.29 is 4.42 Å². The number of benzene rings is 12. The van der Waals surface area contributed by atoms with Crippen molar-refractivity contribution in [3.63, 3.8) is 0 Å². The van der Waals surface area contributed by atoms with Crippen LogP contribution in [0.4, 0.5) is 0 Å². The van der Waals surface area contributed by atoms with Crippen LogP contribution in [-0.2, 0) is 0 Å². The second-order valence-corrected chi connectivity index (χ2v) is 15.9. The van der Waals surface area contributed by atoms with E-state index in [1.165, 1.54) is 115 Å². The molecule has 0 amide bonds. The van der Waals surface area contributed by atoms with Crippen LogP contribution in [0, 0.1) is 0 Å². The zero-order chi connectivity index (χ0) is 38.6. The quantitative estimate of drug-likeness (QED) is 0.164. The molecule has 59 heavy (non-hydrogen) atoms. The van der Waals surface area contributed by atoms with Gasteiger partial charge in [-0.1, -0.05) is 164 Å². The first-order valence-electron chi connectivity index (χ1n) is 20.4. The molecule has 0 bridgehead atoms. The maximum absolute atomic E-state index is 6.41. The van der Waals surface area contributed by atoms with Gasteiger partial charge in [-0.2, -0.15) is 0 Å². The molecule has 0 radical (unpaired) electrons. The van der Waals surface area contributed by atoms with E-state index >= 15 is 0 Å². The largest absolute Gasteiger partial charge is 0.456 e. The summed E-state index contributed by atoms with van der Waals surface area (Å²) in [6.45, 7) is 0. The summed E-state index contributed by atoms with van der Waals surface area (Å²) in [5.74, 6) is 0. The van der Waals surface area contributed by atoms with Gasteiger partial charge >= 0.3 is 0 Å². The van der Waals surface area contributed by atoms with Crippen LogP contribution in [0.3, 0.4) is 0 Å². The molecule has 12 aromatic carbocycles. The summed E-state index contributed by atoms with van der Waals surface area (Å²) in [5, 5.41) is 17.6. The van der Waals surface area contributed by atoms with Gasteiger partial charge in [0.15, 0.2) is 0 Å². The highest BCUT2D eigenvalue weighted by Gasteiger charge is 2.19. The molecule has 1 aromatic heterocycles. The second-order valence-electron chi connectivity index (χ2n) is 15.9. The molecule has 13 rings (SSSR count). The maximum Gasteiger partial charge on any atom is 0.136 e. The summed E-state index contributed by atoms with van der Waals surface area (Å²) in [6.07, 6.45) is 0. The molecule has 0 spiro atoms. The van der Waals surface area contributed by atoms with Gasteiger partial charge in [0, 0.05) is 16.2 Å². The number of rotatable bonds is 4. The third-order valence-electron chi connectivity index (χ3n) is 12.8. The Bertz CT molecular complexity index is 3760. The van der Waals surface area contributed by atoms with Crippen molar-refractivity contribution in [2.24, 2.45) is 0 Å². The molecule has 0 aliphatic heterocycles. The highest BCUT2D eigenvalue weighted by Crippen LogP contribution is 2.46. The van der Waals surface area contributed by atoms with Gasteiger partial charge in [-0.25, -0.2) is 0 Å². The third kappa shape index (κ3) is 4.79. The van der Waals surface area contributed by atoms with E-state index in [0.717, 1.165) is 16.6 Å². The lowest BCUT2D eigenvalue weighted by Gasteiger charge is -2.18. The van der Waals surface area contributed by atoms with Crippen LogP contribution >= 0.6 is 0 Å². The van der Waals surface area contributed by atoms with Crippen LogP contribution in [0.1, 0.15) is 0 Å². The summed E-state index contributed by atoms with van der Waals surface area (Å²) in [5.41, 5.74) is 11.6. The van der Waals surface area contributed by atoms with Crippen LogP contribution in [0.15, 0.2) is 211 Å². The smallest absolute Gasteiger partial charge is 0.136 e. The molecule has 1 heteroatoms. The summed E-state index contributed by atoms with van der Waals surface area (Å²) >= 11 is 0. The second kappa shape index (κ2) is 12.4. The minimum atomic E-state index is 0.922. The van der Waals surface area contributed by atoms with Gasteiger partial charge < -0.3 is 4.42 Å². The normalized spacial score (nSPS) is 12.1. The Kier molecular flexibility index (Phi) is 6.79. The van der Waals surface area contributed by atoms with Crippen LogP contribution in [-0.4, -0.2) is 0 Å². The minimum absolute atomic E-state index is 0.922. The molecular formula is C58H34O. The molecule has 0 saturated carbocycles. The monoisotopic (exact) mass is 746 g/mol. The average molecular weight is 747 g/mol. The standard InChI is InChI=1S/C58H34O/c1-3-11-35(12-4-1)40-31-41(36-13-5-2-6-14-36)33-42(32-40)44-25-20-38-21-26-47-43(24-19-37-22-27-48(44)56(38)55(37)47)39-23-28-50-52(34-39)46-16-8-7-15-45(46)49-29-30-54-58(57(49)50)51-17-9-10-18-53(51)59-54/h1-34H. The van der Waals surface area contributed by atoms with Gasteiger partial charge in [-0.05, 0) is 146 Å². The van der Waals surface area contributed by atoms with Gasteiger partial charge in [0.05, 0.1) is 0 Å². The Morgan fingerprint density at radius 2 is 0.712 bits per heavy atom. The topological polar surface area (TPSA) is 13.1 Å². The lowest BCUT2D eigenvalue weighted by atomic mass is 9.85. The predicted octanol–water partition coefficient (Wildman–Crippen LogP) is 16.6. The molecule has 272 valence electrons. The summed E-state index contributed by atoms with van der Waals surface area (Å²) in [4.78, 5) is 0. The van der Waals surface area contributed by atoms with E-state index in [1.807, 2.05) is 0 Å². The highest BCUT2D eigenvalue weighted by molar-refractivity contribution is 6.35. The Balaban J connectivity index is 1.05. The first-order chi connectivity index (χ1) is 29.2. The van der Waals surface area contributed by atoms with Crippen molar-refractivity contribution in [2.45, 2.75) is 0 Å². The van der Waals surface area contributed by atoms with E-state index in [1.54, 1.807) is 0 Å². The molecule has 0 N–H and O–H groups in total. The average Bonchev–Trinajstić information content (AvgIpc) is 3.70. The zero-order valence-electron chi connectivity index (χ0n) is 32.0. The molecule has 0 saturated heterocycles. The number of fused-ring (bicyclic) bond motifs is 10. The molecular weight excluding hydrogens is 713 g/mol. The fourth-order valence-corrected chi connectivity index (χ4v) is 10.1. The maximum atomic E-state index is 6.41. The van der Waals surface area contributed by atoms with Gasteiger partial charge in [0.1, 0.15) is 11.2 Å². The number of para-hydroxylation sites is 1. The molecule has 1 heterocycles. The molecule has 0 unspecified atom stereocenters. The third-order valence-corrected chi connectivity index (χ3v) is 12.8. The van der Waals surface area contributed by atoms with E-state index in [2.05, 4.69) is 206 Å². The van der Waals surface area contributed by atoms with E-state index in [0.29, 0.717) is 0 Å². The molecule has 0 aliphatic rings. The summed E-state index contributed by atoms with van der Waals surface area (Å²) in [6, 6.07) is 75.9. The Hall–Kier alpha value is -7.74. The van der Waals surface area contributed by atoms with Crippen molar-refractivity contribution >= 4 is 86.6 Å². The van der Waals surface area contributed by atoms with E-state index < -0.39 is 0 Å². The van der Waals surface area contributed by atoms with Crippen LogP contribution in [0.2, 0.25) is 0 Å². The van der Waals surface area contributed by atoms with Crippen molar-refractivity contribution in [1.82, 2.24) is 0 Å². The van der Waals surface area contributed by atoms with Gasteiger partial charge in [-0.15, -0.1) is 0 Å². The van der Waals surface area contributed by atoms with E-state index in [-0.39, 0.29) is 0 Å². The fourth-order valence-electron chi connectivity index (χ4n) is 10.1. The van der Waals surface area contributed by atoms with Crippen molar-refractivity contribution in [3.8, 4) is 44.5 Å². The van der Waals surface area contributed by atoms with Gasteiger partial charge in [0.25, 0.3) is 0 Å². The summed E-state index contributed by atoms with van der Waals surface area (Å²) in [7, 11) is 0.